The molecule has 0 radical (unpaired) electrons. The highest BCUT2D eigenvalue weighted by molar-refractivity contribution is 7.91. The molecule has 0 N–H and O–H groups in total. The minimum atomic E-state index is -3.77. The Hall–Kier alpha value is -2.51. The Balaban J connectivity index is 2.27. The molecule has 0 unspecified atom stereocenters. The van der Waals surface area contributed by atoms with E-state index in [1.165, 1.54) is 24.3 Å². The summed E-state index contributed by atoms with van der Waals surface area (Å²) in [5.41, 5.74) is 6.58. The number of sulfone groups is 2. The summed E-state index contributed by atoms with van der Waals surface area (Å²) in [5, 5.41) is 0. The van der Waals surface area contributed by atoms with Crippen molar-refractivity contribution < 1.29 is 16.8 Å². The summed E-state index contributed by atoms with van der Waals surface area (Å²) in [7, 11) is -7.19. The second kappa shape index (κ2) is 10.7. The molecule has 0 aliphatic carbocycles. The highest BCUT2D eigenvalue weighted by Crippen LogP contribution is 2.38. The Labute approximate surface area is 223 Å². The average Bonchev–Trinajstić information content (AvgIpc) is 2.76. The smallest absolute Gasteiger partial charge is 0.182 e. The van der Waals surface area contributed by atoms with Crippen molar-refractivity contribution in [2.24, 2.45) is 11.3 Å². The molecule has 3 rings (SSSR count). The Kier molecular flexibility index (Phi) is 8.40. The van der Waals surface area contributed by atoms with E-state index in [0.717, 1.165) is 47.0 Å². The van der Waals surface area contributed by atoms with Crippen molar-refractivity contribution >= 4 is 19.7 Å². The van der Waals surface area contributed by atoms with Crippen LogP contribution in [-0.4, -0.2) is 28.1 Å². The normalized spacial score (nSPS) is 12.8. The maximum atomic E-state index is 13.6. The van der Waals surface area contributed by atoms with Crippen LogP contribution >= 0.6 is 0 Å². The topological polar surface area (TPSA) is 81.2 Å². The van der Waals surface area contributed by atoms with Gasteiger partial charge in [-0.2, -0.15) is 0 Å². The Morgan fingerprint density at radius 2 is 1.35 bits per heavy atom. The zero-order chi connectivity index (χ0) is 27.8. The molecule has 2 aromatic carbocycles. The van der Waals surface area contributed by atoms with Crippen molar-refractivity contribution in [2.75, 3.05) is 6.26 Å². The molecule has 0 bridgehead atoms. The quantitative estimate of drug-likeness (QED) is 0.324. The molecular weight excluding hydrogens is 502 g/mol. The van der Waals surface area contributed by atoms with E-state index >= 15 is 0 Å². The molecule has 0 amide bonds. The maximum absolute atomic E-state index is 13.6. The lowest BCUT2D eigenvalue weighted by atomic mass is 9.81. The molecule has 5 nitrogen and oxygen atoms in total. The summed E-state index contributed by atoms with van der Waals surface area (Å²) in [6.45, 7) is 14.8. The predicted octanol–water partition coefficient (Wildman–Crippen LogP) is 6.53. The zero-order valence-corrected chi connectivity index (χ0v) is 24.8. The SMILES string of the molecule is Cc1ccc(-c2c(CS(=O)(=O)c3ccc(S(C)(=O)=O)cc3)c(C)nc(CC(C)C)c2CC(C)(C)C)cc1. The van der Waals surface area contributed by atoms with E-state index in [4.69, 9.17) is 4.98 Å². The van der Waals surface area contributed by atoms with E-state index in [0.29, 0.717) is 17.2 Å². The minimum Gasteiger partial charge on any atom is -0.258 e. The van der Waals surface area contributed by atoms with Crippen LogP contribution < -0.4 is 0 Å². The van der Waals surface area contributed by atoms with Gasteiger partial charge < -0.3 is 0 Å². The first-order valence-electron chi connectivity index (χ1n) is 12.6. The van der Waals surface area contributed by atoms with Gasteiger partial charge in [0.2, 0.25) is 0 Å². The molecule has 1 heterocycles. The molecule has 0 spiro atoms. The van der Waals surface area contributed by atoms with Gasteiger partial charge in [0.15, 0.2) is 19.7 Å². The number of aromatic nitrogens is 1. The Bertz CT molecular complexity index is 1480. The largest absolute Gasteiger partial charge is 0.258 e. The highest BCUT2D eigenvalue weighted by Gasteiger charge is 2.27. The van der Waals surface area contributed by atoms with E-state index in [1.54, 1.807) is 0 Å². The fourth-order valence-electron chi connectivity index (χ4n) is 4.53. The Morgan fingerprint density at radius 1 is 0.811 bits per heavy atom. The van der Waals surface area contributed by atoms with E-state index in [-0.39, 0.29) is 21.0 Å². The van der Waals surface area contributed by atoms with Crippen LogP contribution in [0.25, 0.3) is 11.1 Å². The second-order valence-corrected chi connectivity index (χ2v) is 15.7. The summed E-state index contributed by atoms with van der Waals surface area (Å²) in [4.78, 5) is 5.17. The van der Waals surface area contributed by atoms with E-state index < -0.39 is 19.7 Å². The van der Waals surface area contributed by atoms with Gasteiger partial charge >= 0.3 is 0 Å². The number of aryl methyl sites for hydroxylation is 2. The molecule has 7 heteroatoms. The van der Waals surface area contributed by atoms with E-state index in [1.807, 2.05) is 13.8 Å². The highest BCUT2D eigenvalue weighted by atomic mass is 32.2. The van der Waals surface area contributed by atoms with Gasteiger partial charge in [-0.3, -0.25) is 4.98 Å². The molecular formula is C30H39NO4S2. The van der Waals surface area contributed by atoms with Crippen molar-refractivity contribution in [3.8, 4) is 11.1 Å². The molecule has 3 aromatic rings. The third-order valence-corrected chi connectivity index (χ3v) is 9.07. The van der Waals surface area contributed by atoms with Crippen LogP contribution in [0.15, 0.2) is 58.3 Å². The standard InChI is InChI=1S/C30H39NO4S2/c1-20(2)17-28-26(18-30(5,6)7)29(23-11-9-21(3)10-12-23)27(22(4)31-28)19-37(34,35)25-15-13-24(14-16-25)36(8,32)33/h9-16,20H,17-19H2,1-8H3. The van der Waals surface area contributed by atoms with Gasteiger partial charge in [0.25, 0.3) is 0 Å². The number of hydrogen-bond donors (Lipinski definition) is 0. The van der Waals surface area contributed by atoms with Crippen molar-refractivity contribution in [1.82, 2.24) is 4.98 Å². The average molecular weight is 542 g/mol. The maximum Gasteiger partial charge on any atom is 0.182 e. The van der Waals surface area contributed by atoms with Crippen LogP contribution in [0.1, 0.15) is 62.7 Å². The first-order valence-corrected chi connectivity index (χ1v) is 16.1. The van der Waals surface area contributed by atoms with Crippen LogP contribution in [-0.2, 0) is 38.3 Å². The summed E-state index contributed by atoms with van der Waals surface area (Å²) in [5.74, 6) is 0.186. The lowest BCUT2D eigenvalue weighted by molar-refractivity contribution is 0.408. The van der Waals surface area contributed by atoms with Crippen molar-refractivity contribution in [2.45, 2.75) is 76.9 Å². The number of rotatable bonds is 8. The Morgan fingerprint density at radius 3 is 1.84 bits per heavy atom. The van der Waals surface area contributed by atoms with Gasteiger partial charge in [-0.15, -0.1) is 0 Å². The molecule has 1 aromatic heterocycles. The van der Waals surface area contributed by atoms with E-state index in [2.05, 4.69) is 58.9 Å². The molecule has 0 aliphatic rings. The van der Waals surface area contributed by atoms with Crippen LogP contribution in [0, 0.1) is 25.2 Å². The lowest BCUT2D eigenvalue weighted by Gasteiger charge is -2.26. The monoisotopic (exact) mass is 541 g/mol. The fourth-order valence-corrected chi connectivity index (χ4v) is 6.62. The summed E-state index contributed by atoms with van der Waals surface area (Å²) in [6, 6.07) is 13.7. The number of nitrogens with zero attached hydrogens (tertiary/aromatic N) is 1. The van der Waals surface area contributed by atoms with Crippen molar-refractivity contribution in [3.63, 3.8) is 0 Å². The first-order chi connectivity index (χ1) is 17.0. The second-order valence-electron chi connectivity index (χ2n) is 11.7. The van der Waals surface area contributed by atoms with Crippen LogP contribution in [0.2, 0.25) is 0 Å². The van der Waals surface area contributed by atoms with Gasteiger partial charge in [-0.1, -0.05) is 64.4 Å². The van der Waals surface area contributed by atoms with Gasteiger partial charge in [0.05, 0.1) is 15.5 Å². The summed E-state index contributed by atoms with van der Waals surface area (Å²) in [6.07, 6.45) is 2.68. The predicted molar refractivity (Wildman–Crippen MR) is 151 cm³/mol. The zero-order valence-electron chi connectivity index (χ0n) is 23.2. The molecule has 0 saturated heterocycles. The minimum absolute atomic E-state index is 0.0280. The van der Waals surface area contributed by atoms with E-state index in [9.17, 15) is 16.8 Å². The van der Waals surface area contributed by atoms with Gasteiger partial charge in [-0.25, -0.2) is 16.8 Å². The van der Waals surface area contributed by atoms with Gasteiger partial charge in [0.1, 0.15) is 0 Å². The number of benzene rings is 2. The summed E-state index contributed by atoms with van der Waals surface area (Å²) < 4.78 is 51.0. The molecule has 0 aliphatic heterocycles. The lowest BCUT2D eigenvalue weighted by Crippen LogP contribution is -2.18. The van der Waals surface area contributed by atoms with Crippen LogP contribution in [0.4, 0.5) is 0 Å². The van der Waals surface area contributed by atoms with Gasteiger partial charge in [0, 0.05) is 17.6 Å². The van der Waals surface area contributed by atoms with Gasteiger partial charge in [-0.05, 0) is 84.5 Å². The number of hydrogen-bond acceptors (Lipinski definition) is 5. The molecule has 0 atom stereocenters. The summed E-state index contributed by atoms with van der Waals surface area (Å²) >= 11 is 0. The first kappa shape index (κ1) is 29.1. The third kappa shape index (κ3) is 7.29. The van der Waals surface area contributed by atoms with Crippen LogP contribution in [0.3, 0.4) is 0 Å². The number of pyridine rings is 1. The molecule has 0 saturated carbocycles. The fraction of sp³-hybridized carbons (Fsp3) is 0.433. The molecule has 0 fully saturated rings. The van der Waals surface area contributed by atoms with Crippen molar-refractivity contribution in [3.05, 3.63) is 76.6 Å². The third-order valence-electron chi connectivity index (χ3n) is 6.29. The van der Waals surface area contributed by atoms with Crippen LogP contribution in [0.5, 0.6) is 0 Å². The molecule has 200 valence electrons. The van der Waals surface area contributed by atoms with Crippen molar-refractivity contribution in [1.29, 1.82) is 0 Å². The molecule has 37 heavy (non-hydrogen) atoms.